The fourth-order valence-electron chi connectivity index (χ4n) is 2.51. The molecule has 4 nitrogen and oxygen atoms in total. The molecule has 0 unspecified atom stereocenters. The summed E-state index contributed by atoms with van der Waals surface area (Å²) in [6.07, 6.45) is 2.98. The molecule has 1 N–H and O–H groups in total. The van der Waals surface area contributed by atoms with Gasteiger partial charge in [0.25, 0.3) is 0 Å². The molecule has 0 heterocycles. The normalized spacial score (nSPS) is 18.6. The number of sulfonamides is 1. The van der Waals surface area contributed by atoms with Crippen molar-refractivity contribution in [1.82, 2.24) is 4.31 Å². The second-order valence-electron chi connectivity index (χ2n) is 5.27. The van der Waals surface area contributed by atoms with Crippen LogP contribution in [0.25, 0.3) is 0 Å². The average Bonchev–Trinajstić information content (AvgIpc) is 2.79. The first kappa shape index (κ1) is 15.7. The van der Waals surface area contributed by atoms with Gasteiger partial charge in [-0.2, -0.15) is 4.31 Å². The summed E-state index contributed by atoms with van der Waals surface area (Å²) >= 11 is 5.61. The number of aliphatic hydroxyl groups is 1. The van der Waals surface area contributed by atoms with Crippen LogP contribution in [0.4, 0.5) is 4.39 Å². The van der Waals surface area contributed by atoms with Crippen molar-refractivity contribution in [2.24, 2.45) is 0 Å². The molecule has 1 aromatic carbocycles. The van der Waals surface area contributed by atoms with Crippen LogP contribution in [-0.4, -0.2) is 37.0 Å². The predicted octanol–water partition coefficient (Wildman–Crippen LogP) is 2.40. The Balaban J connectivity index is 2.22. The minimum absolute atomic E-state index is 0.0321. The van der Waals surface area contributed by atoms with Gasteiger partial charge in [-0.15, -0.1) is 0 Å². The molecule has 112 valence electrons. The van der Waals surface area contributed by atoms with Crippen LogP contribution in [0.1, 0.15) is 25.7 Å². The van der Waals surface area contributed by atoms with Gasteiger partial charge in [-0.3, -0.25) is 0 Å². The molecule has 0 radical (unpaired) electrons. The molecule has 1 aliphatic carbocycles. The summed E-state index contributed by atoms with van der Waals surface area (Å²) in [5, 5.41) is 10.0. The molecule has 1 aliphatic rings. The van der Waals surface area contributed by atoms with Gasteiger partial charge in [0.2, 0.25) is 10.0 Å². The third kappa shape index (κ3) is 3.14. The number of rotatable bonds is 4. The molecule has 7 heteroatoms. The largest absolute Gasteiger partial charge is 0.389 e. The van der Waals surface area contributed by atoms with Crippen molar-refractivity contribution in [2.75, 3.05) is 13.6 Å². The van der Waals surface area contributed by atoms with Crippen LogP contribution in [0.5, 0.6) is 0 Å². The summed E-state index contributed by atoms with van der Waals surface area (Å²) in [7, 11) is -2.38. The van der Waals surface area contributed by atoms with E-state index in [2.05, 4.69) is 0 Å². The van der Waals surface area contributed by atoms with Crippen LogP contribution in [0.2, 0.25) is 5.02 Å². The molecule has 0 spiro atoms. The molecule has 2 rings (SSSR count). The first-order chi connectivity index (χ1) is 9.24. The zero-order valence-electron chi connectivity index (χ0n) is 11.1. The Labute approximate surface area is 123 Å². The van der Waals surface area contributed by atoms with Crippen LogP contribution in [0.3, 0.4) is 0 Å². The third-order valence-electron chi connectivity index (χ3n) is 3.65. The topological polar surface area (TPSA) is 57.6 Å². The molecule has 0 atom stereocenters. The maximum atomic E-state index is 13.1. The van der Waals surface area contributed by atoms with Gasteiger partial charge in [0.15, 0.2) is 0 Å². The third-order valence-corrected chi connectivity index (χ3v) is 5.74. The summed E-state index contributed by atoms with van der Waals surface area (Å²) < 4.78 is 38.9. The molecule has 0 saturated heterocycles. The zero-order chi connectivity index (χ0) is 15.0. The van der Waals surface area contributed by atoms with Crippen molar-refractivity contribution >= 4 is 21.6 Å². The fraction of sp³-hybridized carbons (Fsp3) is 0.538. The van der Waals surface area contributed by atoms with Crippen LogP contribution >= 0.6 is 11.6 Å². The monoisotopic (exact) mass is 321 g/mol. The molecule has 0 aliphatic heterocycles. The van der Waals surface area contributed by atoms with Gasteiger partial charge in [0.05, 0.1) is 15.5 Å². The summed E-state index contributed by atoms with van der Waals surface area (Å²) in [5.41, 5.74) is -0.967. The van der Waals surface area contributed by atoms with E-state index in [0.29, 0.717) is 12.8 Å². The van der Waals surface area contributed by atoms with Gasteiger partial charge < -0.3 is 5.11 Å². The number of benzene rings is 1. The first-order valence-electron chi connectivity index (χ1n) is 6.38. The summed E-state index contributed by atoms with van der Waals surface area (Å²) in [6.45, 7) is 0.0321. The van der Waals surface area contributed by atoms with Crippen molar-refractivity contribution in [3.05, 3.63) is 29.0 Å². The van der Waals surface area contributed by atoms with E-state index in [1.807, 2.05) is 0 Å². The van der Waals surface area contributed by atoms with Gasteiger partial charge in [-0.1, -0.05) is 24.4 Å². The van der Waals surface area contributed by atoms with Crippen molar-refractivity contribution in [2.45, 2.75) is 36.2 Å². The Kier molecular flexibility index (Phi) is 4.39. The molecular formula is C13H17ClFNO3S. The van der Waals surface area contributed by atoms with E-state index < -0.39 is 21.4 Å². The molecule has 1 aromatic rings. The van der Waals surface area contributed by atoms with E-state index in [9.17, 15) is 17.9 Å². The highest BCUT2D eigenvalue weighted by molar-refractivity contribution is 7.89. The lowest BCUT2D eigenvalue weighted by Gasteiger charge is -2.28. The maximum absolute atomic E-state index is 13.1. The van der Waals surface area contributed by atoms with E-state index in [1.165, 1.54) is 13.1 Å². The molecule has 1 fully saturated rings. The number of halogens is 2. The standard InChI is InChI=1S/C13H17ClFNO3S/c1-16(9-13(17)6-2-3-7-13)20(18,19)10-4-5-12(15)11(14)8-10/h4-5,8,17H,2-3,6-7,9H2,1H3. The molecule has 0 bridgehead atoms. The molecule has 0 aromatic heterocycles. The molecule has 0 amide bonds. The van der Waals surface area contributed by atoms with Crippen LogP contribution in [0, 0.1) is 5.82 Å². The summed E-state index contributed by atoms with van der Waals surface area (Å²) in [4.78, 5) is -0.0759. The highest BCUT2D eigenvalue weighted by Crippen LogP contribution is 2.31. The van der Waals surface area contributed by atoms with Crippen LogP contribution in [0.15, 0.2) is 23.1 Å². The second kappa shape index (κ2) is 5.60. The van der Waals surface area contributed by atoms with E-state index in [4.69, 9.17) is 11.6 Å². The summed E-state index contributed by atoms with van der Waals surface area (Å²) in [6, 6.07) is 3.28. The van der Waals surface area contributed by atoms with Gasteiger partial charge in [-0.25, -0.2) is 12.8 Å². The number of hydrogen-bond donors (Lipinski definition) is 1. The molecule has 20 heavy (non-hydrogen) atoms. The van der Waals surface area contributed by atoms with Crippen LogP contribution in [-0.2, 0) is 10.0 Å². The Hall–Kier alpha value is -0.690. The average molecular weight is 322 g/mol. The van der Waals surface area contributed by atoms with Gasteiger partial charge >= 0.3 is 0 Å². The van der Waals surface area contributed by atoms with Crippen molar-refractivity contribution in [3.8, 4) is 0 Å². The first-order valence-corrected chi connectivity index (χ1v) is 8.20. The van der Waals surface area contributed by atoms with E-state index in [1.54, 1.807) is 0 Å². The fourth-order valence-corrected chi connectivity index (χ4v) is 4.03. The van der Waals surface area contributed by atoms with Gasteiger partial charge in [-0.05, 0) is 31.0 Å². The van der Waals surface area contributed by atoms with E-state index in [0.717, 1.165) is 29.3 Å². The Morgan fingerprint density at radius 2 is 2.00 bits per heavy atom. The minimum atomic E-state index is -3.78. The highest BCUT2D eigenvalue weighted by Gasteiger charge is 2.35. The highest BCUT2D eigenvalue weighted by atomic mass is 35.5. The lowest BCUT2D eigenvalue weighted by atomic mass is 10.0. The molecular weight excluding hydrogens is 305 g/mol. The Morgan fingerprint density at radius 1 is 1.40 bits per heavy atom. The SMILES string of the molecule is CN(CC1(O)CCCC1)S(=O)(=O)c1ccc(F)c(Cl)c1. The smallest absolute Gasteiger partial charge is 0.242 e. The Morgan fingerprint density at radius 3 is 2.55 bits per heavy atom. The van der Waals surface area contributed by atoms with Crippen LogP contribution < -0.4 is 0 Å². The van der Waals surface area contributed by atoms with E-state index >= 15 is 0 Å². The Bertz CT molecular complexity index is 600. The van der Waals surface area contributed by atoms with Gasteiger partial charge in [0.1, 0.15) is 5.82 Å². The second-order valence-corrected chi connectivity index (χ2v) is 7.72. The van der Waals surface area contributed by atoms with Crippen molar-refractivity contribution in [1.29, 1.82) is 0 Å². The lowest BCUT2D eigenvalue weighted by Crippen LogP contribution is -2.41. The van der Waals surface area contributed by atoms with E-state index in [-0.39, 0.29) is 16.5 Å². The zero-order valence-corrected chi connectivity index (χ0v) is 12.7. The number of nitrogens with zero attached hydrogens (tertiary/aromatic N) is 1. The van der Waals surface area contributed by atoms with Crippen molar-refractivity contribution < 1.29 is 17.9 Å². The summed E-state index contributed by atoms with van der Waals surface area (Å²) in [5.74, 6) is -0.664. The van der Waals surface area contributed by atoms with Gasteiger partial charge in [0, 0.05) is 13.6 Å². The lowest BCUT2D eigenvalue weighted by molar-refractivity contribution is 0.0333. The predicted molar refractivity (Wildman–Crippen MR) is 74.6 cm³/mol. The maximum Gasteiger partial charge on any atom is 0.242 e. The number of hydrogen-bond acceptors (Lipinski definition) is 3. The minimum Gasteiger partial charge on any atom is -0.389 e. The molecule has 1 saturated carbocycles. The quantitative estimate of drug-likeness (QED) is 0.926. The number of likely N-dealkylation sites (N-methyl/N-ethyl adjacent to an activating group) is 1. The van der Waals surface area contributed by atoms with Crippen molar-refractivity contribution in [3.63, 3.8) is 0 Å².